The van der Waals surface area contributed by atoms with Crippen LogP contribution >= 0.6 is 0 Å². The number of nitrogen functional groups attached to an aromatic ring is 1. The molecule has 0 aromatic heterocycles. The maximum Gasteiger partial charge on any atom is 0.220 e. The van der Waals surface area contributed by atoms with Crippen LogP contribution in [0.15, 0.2) is 48.5 Å². The standard InChI is InChI=1S/C22H28N2O2/c1-16(2)15-18-3-7-19(8-4-18)21(25)11-12-22(26)24-14-13-17-5-9-20(23)10-6-17/h3-10,16H,11-15,23H2,1-2H3,(H,24,26). The molecule has 0 saturated heterocycles. The molecular formula is C22H28N2O2. The number of rotatable bonds is 9. The van der Waals surface area contributed by atoms with E-state index in [0.717, 1.165) is 24.1 Å². The summed E-state index contributed by atoms with van der Waals surface area (Å²) in [7, 11) is 0. The van der Waals surface area contributed by atoms with E-state index in [1.165, 1.54) is 5.56 Å². The highest BCUT2D eigenvalue weighted by Crippen LogP contribution is 2.12. The van der Waals surface area contributed by atoms with Gasteiger partial charge in [-0.1, -0.05) is 50.2 Å². The average Bonchev–Trinajstić information content (AvgIpc) is 2.61. The smallest absolute Gasteiger partial charge is 0.220 e. The van der Waals surface area contributed by atoms with E-state index in [1.54, 1.807) is 0 Å². The van der Waals surface area contributed by atoms with E-state index in [9.17, 15) is 9.59 Å². The number of carbonyl (C=O) groups is 2. The van der Waals surface area contributed by atoms with Crippen LogP contribution in [0.2, 0.25) is 0 Å². The summed E-state index contributed by atoms with van der Waals surface area (Å²) in [5, 5.41) is 2.86. The molecule has 0 heterocycles. The molecule has 2 rings (SSSR count). The topological polar surface area (TPSA) is 72.2 Å². The van der Waals surface area contributed by atoms with Crippen LogP contribution in [-0.4, -0.2) is 18.2 Å². The molecule has 3 N–H and O–H groups in total. The predicted octanol–water partition coefficient (Wildman–Crippen LogP) is 3.79. The van der Waals surface area contributed by atoms with Crippen LogP contribution in [0.1, 0.15) is 48.2 Å². The van der Waals surface area contributed by atoms with E-state index < -0.39 is 0 Å². The molecule has 2 aromatic carbocycles. The number of benzene rings is 2. The van der Waals surface area contributed by atoms with Gasteiger partial charge in [-0.2, -0.15) is 0 Å². The first-order chi connectivity index (χ1) is 12.4. The van der Waals surface area contributed by atoms with Crippen LogP contribution < -0.4 is 11.1 Å². The third-order valence-electron chi connectivity index (χ3n) is 4.21. The Labute approximate surface area is 155 Å². The fourth-order valence-electron chi connectivity index (χ4n) is 2.79. The Morgan fingerprint density at radius 1 is 0.923 bits per heavy atom. The number of amides is 1. The van der Waals surface area contributed by atoms with Crippen LogP contribution in [-0.2, 0) is 17.6 Å². The Kier molecular flexibility index (Phi) is 7.39. The van der Waals surface area contributed by atoms with Crippen LogP contribution in [0.4, 0.5) is 5.69 Å². The molecule has 4 heteroatoms. The third-order valence-corrected chi connectivity index (χ3v) is 4.21. The van der Waals surface area contributed by atoms with Crippen molar-refractivity contribution in [1.82, 2.24) is 5.32 Å². The van der Waals surface area contributed by atoms with Crippen molar-refractivity contribution in [1.29, 1.82) is 0 Å². The van der Waals surface area contributed by atoms with Gasteiger partial charge in [-0.25, -0.2) is 0 Å². The summed E-state index contributed by atoms with van der Waals surface area (Å²) in [5.74, 6) is 0.508. The quantitative estimate of drug-likeness (QED) is 0.533. The molecule has 4 nitrogen and oxygen atoms in total. The van der Waals surface area contributed by atoms with E-state index in [4.69, 9.17) is 5.73 Å². The monoisotopic (exact) mass is 352 g/mol. The Bertz CT molecular complexity index is 719. The molecule has 138 valence electrons. The van der Waals surface area contributed by atoms with Crippen molar-refractivity contribution in [2.75, 3.05) is 12.3 Å². The van der Waals surface area contributed by atoms with Gasteiger partial charge in [0.05, 0.1) is 0 Å². The first kappa shape index (κ1) is 19.7. The molecule has 0 unspecified atom stereocenters. The van der Waals surface area contributed by atoms with E-state index in [1.807, 2.05) is 48.5 Å². The van der Waals surface area contributed by atoms with E-state index in [2.05, 4.69) is 19.2 Å². The molecule has 0 saturated carbocycles. The summed E-state index contributed by atoms with van der Waals surface area (Å²) in [4.78, 5) is 24.1. The third kappa shape index (κ3) is 6.71. The number of carbonyl (C=O) groups excluding carboxylic acids is 2. The summed E-state index contributed by atoms with van der Waals surface area (Å²) >= 11 is 0. The van der Waals surface area contributed by atoms with Crippen molar-refractivity contribution >= 4 is 17.4 Å². The SMILES string of the molecule is CC(C)Cc1ccc(C(=O)CCC(=O)NCCc2ccc(N)cc2)cc1. The summed E-state index contributed by atoms with van der Waals surface area (Å²) in [6.07, 6.45) is 2.20. The minimum Gasteiger partial charge on any atom is -0.399 e. The summed E-state index contributed by atoms with van der Waals surface area (Å²) < 4.78 is 0. The summed E-state index contributed by atoms with van der Waals surface area (Å²) in [6, 6.07) is 15.3. The van der Waals surface area contributed by atoms with Gasteiger partial charge in [-0.15, -0.1) is 0 Å². The lowest BCUT2D eigenvalue weighted by atomic mass is 9.99. The molecule has 2 aromatic rings. The number of ketones is 1. The van der Waals surface area contributed by atoms with E-state index >= 15 is 0 Å². The normalized spacial score (nSPS) is 10.7. The van der Waals surface area contributed by atoms with Crippen molar-refractivity contribution < 1.29 is 9.59 Å². The Hall–Kier alpha value is -2.62. The van der Waals surface area contributed by atoms with Crippen LogP contribution in [0.5, 0.6) is 0 Å². The lowest BCUT2D eigenvalue weighted by Gasteiger charge is -2.07. The molecule has 0 aliphatic rings. The Balaban J connectivity index is 1.70. The van der Waals surface area contributed by atoms with Crippen molar-refractivity contribution in [3.63, 3.8) is 0 Å². The van der Waals surface area contributed by atoms with E-state index in [0.29, 0.717) is 18.0 Å². The number of nitrogens with one attached hydrogen (secondary N) is 1. The number of hydrogen-bond acceptors (Lipinski definition) is 3. The highest BCUT2D eigenvalue weighted by molar-refractivity contribution is 5.97. The van der Waals surface area contributed by atoms with E-state index in [-0.39, 0.29) is 24.5 Å². The number of hydrogen-bond donors (Lipinski definition) is 2. The maximum absolute atomic E-state index is 12.2. The summed E-state index contributed by atoms with van der Waals surface area (Å²) in [5.41, 5.74) is 9.41. The number of nitrogens with two attached hydrogens (primary N) is 1. The van der Waals surface area contributed by atoms with Gasteiger partial charge in [-0.05, 0) is 42.0 Å². The van der Waals surface area contributed by atoms with Gasteiger partial charge in [0.1, 0.15) is 0 Å². The second-order valence-corrected chi connectivity index (χ2v) is 7.06. The minimum absolute atomic E-state index is 0.00906. The highest BCUT2D eigenvalue weighted by Gasteiger charge is 2.09. The predicted molar refractivity (Wildman–Crippen MR) is 106 cm³/mol. The molecular weight excluding hydrogens is 324 g/mol. The molecule has 0 aliphatic heterocycles. The zero-order valence-corrected chi connectivity index (χ0v) is 15.6. The van der Waals surface area contributed by atoms with Crippen LogP contribution in [0.3, 0.4) is 0 Å². The van der Waals surface area contributed by atoms with Gasteiger partial charge in [0.25, 0.3) is 0 Å². The van der Waals surface area contributed by atoms with Gasteiger partial charge in [-0.3, -0.25) is 9.59 Å². The second kappa shape index (κ2) is 9.76. The van der Waals surface area contributed by atoms with Crippen molar-refractivity contribution in [2.45, 2.75) is 39.5 Å². The van der Waals surface area contributed by atoms with Crippen LogP contribution in [0, 0.1) is 5.92 Å². The largest absolute Gasteiger partial charge is 0.399 e. The first-order valence-corrected chi connectivity index (χ1v) is 9.17. The summed E-state index contributed by atoms with van der Waals surface area (Å²) in [6.45, 7) is 4.90. The Morgan fingerprint density at radius 2 is 1.54 bits per heavy atom. The average molecular weight is 352 g/mol. The minimum atomic E-state index is -0.0924. The van der Waals surface area contributed by atoms with Gasteiger partial charge in [0.15, 0.2) is 5.78 Å². The fraction of sp³-hybridized carbons (Fsp3) is 0.364. The lowest BCUT2D eigenvalue weighted by molar-refractivity contribution is -0.121. The molecule has 0 fully saturated rings. The lowest BCUT2D eigenvalue weighted by Crippen LogP contribution is -2.26. The zero-order valence-electron chi connectivity index (χ0n) is 15.6. The fourth-order valence-corrected chi connectivity index (χ4v) is 2.79. The number of Topliss-reactive ketones (excluding diaryl/α,β-unsaturated/α-hetero) is 1. The molecule has 0 atom stereocenters. The maximum atomic E-state index is 12.2. The number of anilines is 1. The first-order valence-electron chi connectivity index (χ1n) is 9.17. The molecule has 1 amide bonds. The zero-order chi connectivity index (χ0) is 18.9. The Morgan fingerprint density at radius 3 is 2.15 bits per heavy atom. The van der Waals surface area contributed by atoms with Gasteiger partial charge in [0, 0.05) is 30.6 Å². The molecule has 26 heavy (non-hydrogen) atoms. The van der Waals surface area contributed by atoms with Gasteiger partial charge < -0.3 is 11.1 Å². The van der Waals surface area contributed by atoms with Crippen molar-refractivity contribution in [3.8, 4) is 0 Å². The van der Waals surface area contributed by atoms with Gasteiger partial charge >= 0.3 is 0 Å². The molecule has 0 aliphatic carbocycles. The van der Waals surface area contributed by atoms with Crippen molar-refractivity contribution in [2.24, 2.45) is 5.92 Å². The second-order valence-electron chi connectivity index (χ2n) is 7.06. The van der Waals surface area contributed by atoms with Crippen molar-refractivity contribution in [3.05, 3.63) is 65.2 Å². The molecule has 0 bridgehead atoms. The molecule has 0 spiro atoms. The van der Waals surface area contributed by atoms with Gasteiger partial charge in [0.2, 0.25) is 5.91 Å². The highest BCUT2D eigenvalue weighted by atomic mass is 16.2. The molecule has 0 radical (unpaired) electrons. The van der Waals surface area contributed by atoms with Crippen LogP contribution in [0.25, 0.3) is 0 Å².